The summed E-state index contributed by atoms with van der Waals surface area (Å²) in [6.07, 6.45) is 1.03. The molecule has 20 heavy (non-hydrogen) atoms. The predicted octanol–water partition coefficient (Wildman–Crippen LogP) is 4.82. The van der Waals surface area contributed by atoms with Gasteiger partial charge in [0.25, 0.3) is 0 Å². The normalized spacial score (nSPS) is 10.9. The molecule has 0 aliphatic heterocycles. The Morgan fingerprint density at radius 1 is 1.00 bits per heavy atom. The molecule has 2 nitrogen and oxygen atoms in total. The molecule has 100 valence electrons. The van der Waals surface area contributed by atoms with E-state index in [1.807, 2.05) is 37.3 Å². The molecule has 0 N–H and O–H groups in total. The summed E-state index contributed by atoms with van der Waals surface area (Å²) in [5, 5.41) is 1.45. The van der Waals surface area contributed by atoms with Gasteiger partial charge >= 0.3 is 0 Å². The summed E-state index contributed by atoms with van der Waals surface area (Å²) in [7, 11) is 0. The quantitative estimate of drug-likeness (QED) is 0.630. The number of rotatable bonds is 2. The molecule has 0 radical (unpaired) electrons. The van der Waals surface area contributed by atoms with E-state index in [1.54, 1.807) is 0 Å². The highest BCUT2D eigenvalue weighted by Crippen LogP contribution is 2.27. The first-order chi connectivity index (χ1) is 9.69. The zero-order valence-corrected chi connectivity index (χ0v) is 12.3. The van der Waals surface area contributed by atoms with Crippen LogP contribution in [0.5, 0.6) is 0 Å². The van der Waals surface area contributed by atoms with Crippen molar-refractivity contribution < 1.29 is 0 Å². The second kappa shape index (κ2) is 5.22. The van der Waals surface area contributed by atoms with Crippen LogP contribution in [0, 0.1) is 6.92 Å². The summed E-state index contributed by atoms with van der Waals surface area (Å²) in [4.78, 5) is 9.07. The molecule has 0 bridgehead atoms. The number of benzene rings is 2. The van der Waals surface area contributed by atoms with Crippen molar-refractivity contribution in [3.05, 3.63) is 58.7 Å². The monoisotopic (exact) mass is 282 g/mol. The van der Waals surface area contributed by atoms with E-state index in [-0.39, 0.29) is 0 Å². The lowest BCUT2D eigenvalue weighted by atomic mass is 10.1. The summed E-state index contributed by atoms with van der Waals surface area (Å²) in [5.74, 6) is 0.677. The maximum Gasteiger partial charge on any atom is 0.161 e. The van der Waals surface area contributed by atoms with E-state index in [9.17, 15) is 0 Å². The van der Waals surface area contributed by atoms with Crippen LogP contribution in [0.3, 0.4) is 0 Å². The van der Waals surface area contributed by atoms with Crippen LogP contribution >= 0.6 is 11.6 Å². The molecular formula is C17H15ClN2. The van der Waals surface area contributed by atoms with Crippen molar-refractivity contribution in [1.29, 1.82) is 0 Å². The first kappa shape index (κ1) is 13.1. The molecule has 0 spiro atoms. The first-order valence-corrected chi connectivity index (χ1v) is 7.09. The van der Waals surface area contributed by atoms with Gasteiger partial charge in [0, 0.05) is 10.9 Å². The van der Waals surface area contributed by atoms with Crippen LogP contribution in [-0.4, -0.2) is 9.97 Å². The Bertz CT molecular complexity index is 764. The predicted molar refractivity (Wildman–Crippen MR) is 84.1 cm³/mol. The van der Waals surface area contributed by atoms with Gasteiger partial charge in [-0.15, -0.1) is 0 Å². The van der Waals surface area contributed by atoms with E-state index in [0.29, 0.717) is 11.0 Å². The Balaban J connectivity index is 2.17. The minimum Gasteiger partial charge on any atom is -0.228 e. The number of halogens is 1. The van der Waals surface area contributed by atoms with Gasteiger partial charge in [-0.1, -0.05) is 54.9 Å². The summed E-state index contributed by atoms with van der Waals surface area (Å²) >= 11 is 6.32. The molecular weight excluding hydrogens is 268 g/mol. The van der Waals surface area contributed by atoms with Crippen molar-refractivity contribution in [1.82, 2.24) is 9.97 Å². The van der Waals surface area contributed by atoms with Gasteiger partial charge in [0.05, 0.1) is 5.52 Å². The second-order valence-corrected chi connectivity index (χ2v) is 5.22. The van der Waals surface area contributed by atoms with Crippen LogP contribution < -0.4 is 0 Å². The van der Waals surface area contributed by atoms with Crippen molar-refractivity contribution in [2.45, 2.75) is 20.3 Å². The van der Waals surface area contributed by atoms with Gasteiger partial charge in [-0.3, -0.25) is 0 Å². The van der Waals surface area contributed by atoms with Gasteiger partial charge in [0.2, 0.25) is 0 Å². The van der Waals surface area contributed by atoms with Crippen LogP contribution in [0.2, 0.25) is 5.15 Å². The summed E-state index contributed by atoms with van der Waals surface area (Å²) < 4.78 is 0. The van der Waals surface area contributed by atoms with Gasteiger partial charge in [0.1, 0.15) is 5.15 Å². The van der Waals surface area contributed by atoms with E-state index >= 15 is 0 Å². The lowest BCUT2D eigenvalue weighted by Gasteiger charge is -2.07. The summed E-state index contributed by atoms with van der Waals surface area (Å²) in [6.45, 7) is 4.16. The van der Waals surface area contributed by atoms with Crippen molar-refractivity contribution in [2.75, 3.05) is 0 Å². The highest BCUT2D eigenvalue weighted by atomic mass is 35.5. The highest BCUT2D eigenvalue weighted by molar-refractivity contribution is 6.34. The number of aromatic nitrogens is 2. The third-order valence-corrected chi connectivity index (χ3v) is 3.78. The molecule has 0 fully saturated rings. The highest BCUT2D eigenvalue weighted by Gasteiger charge is 2.09. The van der Waals surface area contributed by atoms with Crippen molar-refractivity contribution in [3.63, 3.8) is 0 Å². The smallest absolute Gasteiger partial charge is 0.161 e. The summed E-state index contributed by atoms with van der Waals surface area (Å²) in [5.41, 5.74) is 4.28. The summed E-state index contributed by atoms with van der Waals surface area (Å²) in [6, 6.07) is 14.3. The van der Waals surface area contributed by atoms with Gasteiger partial charge in [-0.2, -0.15) is 0 Å². The molecule has 3 aromatic rings. The molecule has 0 aliphatic carbocycles. The van der Waals surface area contributed by atoms with Crippen molar-refractivity contribution >= 4 is 22.5 Å². The zero-order chi connectivity index (χ0) is 14.1. The minimum atomic E-state index is 0.516. The zero-order valence-electron chi connectivity index (χ0n) is 11.5. The van der Waals surface area contributed by atoms with Crippen LogP contribution in [0.4, 0.5) is 0 Å². The Morgan fingerprint density at radius 2 is 1.75 bits per heavy atom. The molecule has 1 heterocycles. The average molecular weight is 283 g/mol. The van der Waals surface area contributed by atoms with Crippen LogP contribution in [0.1, 0.15) is 18.1 Å². The van der Waals surface area contributed by atoms with Gasteiger partial charge in [-0.05, 0) is 30.5 Å². The lowest BCUT2D eigenvalue weighted by Crippen LogP contribution is -1.93. The van der Waals surface area contributed by atoms with Gasteiger partial charge < -0.3 is 0 Å². The fraction of sp³-hybridized carbons (Fsp3) is 0.176. The molecule has 0 atom stereocenters. The third kappa shape index (κ3) is 2.27. The molecule has 3 heteroatoms. The number of hydrogen-bond acceptors (Lipinski definition) is 2. The van der Waals surface area contributed by atoms with Crippen LogP contribution in [-0.2, 0) is 6.42 Å². The number of aryl methyl sites for hydroxylation is 2. The molecule has 1 aromatic heterocycles. The van der Waals surface area contributed by atoms with Crippen molar-refractivity contribution in [2.24, 2.45) is 0 Å². The molecule has 2 aromatic carbocycles. The van der Waals surface area contributed by atoms with E-state index in [0.717, 1.165) is 28.5 Å². The minimum absolute atomic E-state index is 0.516. The maximum absolute atomic E-state index is 6.32. The maximum atomic E-state index is 6.32. The Labute approximate surface area is 123 Å². The van der Waals surface area contributed by atoms with E-state index in [2.05, 4.69) is 29.0 Å². The van der Waals surface area contributed by atoms with Crippen molar-refractivity contribution in [3.8, 4) is 11.4 Å². The third-order valence-electron chi connectivity index (χ3n) is 3.51. The van der Waals surface area contributed by atoms with Gasteiger partial charge in [0.15, 0.2) is 5.82 Å². The van der Waals surface area contributed by atoms with E-state index < -0.39 is 0 Å². The van der Waals surface area contributed by atoms with E-state index in [4.69, 9.17) is 11.6 Å². The molecule has 0 saturated carbocycles. The Morgan fingerprint density at radius 3 is 2.45 bits per heavy atom. The number of fused-ring (bicyclic) bond motifs is 1. The SMILES string of the molecule is CCc1ccc(-c2nc(Cl)c3c(C)cccc3n2)cc1. The van der Waals surface area contributed by atoms with Crippen LogP contribution in [0.15, 0.2) is 42.5 Å². The molecule has 0 amide bonds. The van der Waals surface area contributed by atoms with Gasteiger partial charge in [-0.25, -0.2) is 9.97 Å². The lowest BCUT2D eigenvalue weighted by molar-refractivity contribution is 1.14. The molecule has 0 unspecified atom stereocenters. The van der Waals surface area contributed by atoms with E-state index in [1.165, 1.54) is 5.56 Å². The molecule has 0 aliphatic rings. The Hall–Kier alpha value is -1.93. The van der Waals surface area contributed by atoms with Crippen LogP contribution in [0.25, 0.3) is 22.3 Å². The standard InChI is InChI=1S/C17H15ClN2/c1-3-12-7-9-13(10-8-12)17-19-14-6-4-5-11(2)15(14)16(18)20-17/h4-10H,3H2,1-2H3. The Kier molecular flexibility index (Phi) is 3.41. The number of hydrogen-bond donors (Lipinski definition) is 0. The molecule has 0 saturated heterocycles. The molecule has 3 rings (SSSR count). The average Bonchev–Trinajstić information content (AvgIpc) is 2.47. The largest absolute Gasteiger partial charge is 0.228 e. The topological polar surface area (TPSA) is 25.8 Å². The fourth-order valence-corrected chi connectivity index (χ4v) is 2.65. The number of nitrogens with zero attached hydrogens (tertiary/aromatic N) is 2. The fourth-order valence-electron chi connectivity index (χ4n) is 2.32. The first-order valence-electron chi connectivity index (χ1n) is 6.71. The second-order valence-electron chi connectivity index (χ2n) is 4.86.